The molecule has 0 unspecified atom stereocenters. The van der Waals surface area contributed by atoms with Gasteiger partial charge in [0.25, 0.3) is 10.0 Å². The van der Waals surface area contributed by atoms with Gasteiger partial charge in [-0.1, -0.05) is 12.8 Å². The van der Waals surface area contributed by atoms with Crippen molar-refractivity contribution < 1.29 is 17.9 Å². The van der Waals surface area contributed by atoms with E-state index in [4.69, 9.17) is 6.42 Å². The molecule has 1 heterocycles. The third kappa shape index (κ3) is 2.69. The van der Waals surface area contributed by atoms with E-state index in [9.17, 15) is 13.2 Å². The predicted molar refractivity (Wildman–Crippen MR) is 66.7 cm³/mol. The van der Waals surface area contributed by atoms with Crippen LogP contribution in [0.1, 0.15) is 17.4 Å². The lowest BCUT2D eigenvalue weighted by molar-refractivity contribution is 0.0590. The quantitative estimate of drug-likeness (QED) is 0.585. The maximum absolute atomic E-state index is 12.2. The molecule has 18 heavy (non-hydrogen) atoms. The zero-order valence-corrected chi connectivity index (χ0v) is 11.5. The van der Waals surface area contributed by atoms with Crippen molar-refractivity contribution >= 4 is 27.3 Å². The maximum atomic E-state index is 12.2. The molecule has 1 rings (SSSR count). The molecule has 1 aromatic rings. The van der Waals surface area contributed by atoms with Crippen molar-refractivity contribution in [2.45, 2.75) is 11.1 Å². The summed E-state index contributed by atoms with van der Waals surface area (Å²) < 4.78 is 29.9. The zero-order chi connectivity index (χ0) is 13.8. The van der Waals surface area contributed by atoms with Crippen LogP contribution in [0, 0.1) is 12.3 Å². The molecule has 0 bridgehead atoms. The van der Waals surface area contributed by atoms with E-state index in [-0.39, 0.29) is 23.0 Å². The lowest BCUT2D eigenvalue weighted by Crippen LogP contribution is -2.31. The number of carbonyl (C=O) groups is 1. The van der Waals surface area contributed by atoms with Crippen LogP contribution in [0.3, 0.4) is 0 Å². The molecule has 0 fully saturated rings. The Bertz CT molecular complexity index is 571. The third-order valence-corrected chi connectivity index (χ3v) is 5.38. The molecule has 0 aromatic carbocycles. The normalized spacial score (nSPS) is 11.2. The van der Waals surface area contributed by atoms with Gasteiger partial charge in [-0.05, 0) is 0 Å². The first kappa shape index (κ1) is 14.6. The van der Waals surface area contributed by atoms with Crippen LogP contribution in [0.5, 0.6) is 0 Å². The van der Waals surface area contributed by atoms with E-state index in [2.05, 4.69) is 15.6 Å². The second-order valence-electron chi connectivity index (χ2n) is 3.12. The summed E-state index contributed by atoms with van der Waals surface area (Å²) in [6.45, 7) is 1.82. The predicted octanol–water partition coefficient (Wildman–Crippen LogP) is 0.574. The highest BCUT2D eigenvalue weighted by atomic mass is 32.2. The van der Waals surface area contributed by atoms with E-state index < -0.39 is 16.0 Å². The lowest BCUT2D eigenvalue weighted by Gasteiger charge is -2.16. The van der Waals surface area contributed by atoms with E-state index in [0.29, 0.717) is 0 Å². The monoisotopic (exact) mass is 288 g/mol. The molecule has 1 aromatic heterocycles. The number of nitrogens with zero attached hydrogens (tertiary/aromatic N) is 2. The molecule has 0 N–H and O–H groups in total. The number of esters is 1. The third-order valence-electron chi connectivity index (χ3n) is 2.11. The minimum Gasteiger partial charge on any atom is -0.464 e. The molecular formula is C10H12N2O4S2. The van der Waals surface area contributed by atoms with E-state index in [1.165, 1.54) is 5.51 Å². The van der Waals surface area contributed by atoms with E-state index in [1.54, 1.807) is 6.92 Å². The van der Waals surface area contributed by atoms with Crippen LogP contribution in [-0.4, -0.2) is 43.9 Å². The van der Waals surface area contributed by atoms with Gasteiger partial charge in [-0.15, -0.1) is 17.8 Å². The zero-order valence-electron chi connectivity index (χ0n) is 9.91. The van der Waals surface area contributed by atoms with Crippen molar-refractivity contribution in [3.8, 4) is 12.3 Å². The van der Waals surface area contributed by atoms with Crippen LogP contribution in [0.2, 0.25) is 0 Å². The van der Waals surface area contributed by atoms with Gasteiger partial charge in [0, 0.05) is 6.54 Å². The SMILES string of the molecule is C#CCN(CC)S(=O)(=O)c1scnc1C(=O)OC. The largest absolute Gasteiger partial charge is 0.464 e. The van der Waals surface area contributed by atoms with Gasteiger partial charge in [0.05, 0.1) is 19.2 Å². The second kappa shape index (κ2) is 5.95. The van der Waals surface area contributed by atoms with Crippen molar-refractivity contribution in [2.75, 3.05) is 20.2 Å². The average Bonchev–Trinajstić information content (AvgIpc) is 2.84. The number of ether oxygens (including phenoxy) is 1. The molecule has 0 radical (unpaired) electrons. The molecule has 0 saturated heterocycles. The first-order chi connectivity index (χ1) is 8.48. The Morgan fingerprint density at radius 3 is 2.83 bits per heavy atom. The molecular weight excluding hydrogens is 276 g/mol. The van der Waals surface area contributed by atoms with Crippen LogP contribution in [0.25, 0.3) is 0 Å². The van der Waals surface area contributed by atoms with Gasteiger partial charge >= 0.3 is 5.97 Å². The number of hydrogen-bond donors (Lipinski definition) is 0. The van der Waals surface area contributed by atoms with Gasteiger partial charge in [0.15, 0.2) is 9.90 Å². The maximum Gasteiger partial charge on any atom is 0.358 e. The summed E-state index contributed by atoms with van der Waals surface area (Å²) in [5.74, 6) is 1.48. The van der Waals surface area contributed by atoms with E-state index in [0.717, 1.165) is 22.8 Å². The fourth-order valence-corrected chi connectivity index (χ4v) is 3.87. The molecule has 0 amide bonds. The summed E-state index contributed by atoms with van der Waals surface area (Å²) in [4.78, 5) is 15.1. The Hall–Kier alpha value is -1.43. The highest BCUT2D eigenvalue weighted by Gasteiger charge is 2.30. The molecule has 98 valence electrons. The van der Waals surface area contributed by atoms with Crippen LogP contribution in [0.4, 0.5) is 0 Å². The Labute approximate surface area is 110 Å². The van der Waals surface area contributed by atoms with Crippen LogP contribution < -0.4 is 0 Å². The Kier molecular flexibility index (Phi) is 4.84. The molecule has 0 saturated carbocycles. The van der Waals surface area contributed by atoms with Gasteiger partial charge in [-0.3, -0.25) is 0 Å². The number of thiazole rings is 1. The van der Waals surface area contributed by atoms with Gasteiger partial charge in [-0.2, -0.15) is 4.31 Å². The number of aromatic nitrogens is 1. The first-order valence-corrected chi connectivity index (χ1v) is 7.26. The van der Waals surface area contributed by atoms with Crippen LogP contribution in [0.15, 0.2) is 9.72 Å². The number of rotatable bonds is 5. The Morgan fingerprint density at radius 2 is 2.33 bits per heavy atom. The molecule has 0 atom stereocenters. The van der Waals surface area contributed by atoms with Crippen molar-refractivity contribution in [2.24, 2.45) is 0 Å². The molecule has 0 aliphatic rings. The van der Waals surface area contributed by atoms with Gasteiger partial charge in [-0.25, -0.2) is 18.2 Å². The van der Waals surface area contributed by atoms with E-state index in [1.807, 2.05) is 0 Å². The number of sulfonamides is 1. The summed E-state index contributed by atoms with van der Waals surface area (Å²) in [6.07, 6.45) is 5.12. The smallest absolute Gasteiger partial charge is 0.358 e. The molecule has 0 spiro atoms. The van der Waals surface area contributed by atoms with E-state index >= 15 is 0 Å². The molecule has 0 aliphatic carbocycles. The van der Waals surface area contributed by atoms with Crippen LogP contribution >= 0.6 is 11.3 Å². The van der Waals surface area contributed by atoms with Crippen molar-refractivity contribution in [3.63, 3.8) is 0 Å². The van der Waals surface area contributed by atoms with Gasteiger partial charge in [0.1, 0.15) is 0 Å². The number of terminal acetylenes is 1. The molecule has 8 heteroatoms. The topological polar surface area (TPSA) is 76.6 Å². The molecule has 6 nitrogen and oxygen atoms in total. The van der Waals surface area contributed by atoms with Crippen molar-refractivity contribution in [1.29, 1.82) is 0 Å². The van der Waals surface area contributed by atoms with Crippen LogP contribution in [-0.2, 0) is 14.8 Å². The summed E-state index contributed by atoms with van der Waals surface area (Å²) >= 11 is 0.860. The summed E-state index contributed by atoms with van der Waals surface area (Å²) in [5.41, 5.74) is 1.07. The summed E-state index contributed by atoms with van der Waals surface area (Å²) in [5, 5.41) is 0. The number of hydrogen-bond acceptors (Lipinski definition) is 6. The summed E-state index contributed by atoms with van der Waals surface area (Å²) in [7, 11) is -2.65. The van der Waals surface area contributed by atoms with Gasteiger partial charge < -0.3 is 4.74 Å². The average molecular weight is 288 g/mol. The highest BCUT2D eigenvalue weighted by molar-refractivity contribution is 7.91. The lowest BCUT2D eigenvalue weighted by atomic mass is 10.5. The fraction of sp³-hybridized carbons (Fsp3) is 0.400. The fourth-order valence-electron chi connectivity index (χ4n) is 1.24. The minimum absolute atomic E-state index is 0.0582. The standard InChI is InChI=1S/C10H12N2O4S2/c1-4-6-12(5-2)18(14,15)10-8(9(13)16-3)11-7-17-10/h1,7H,5-6H2,2-3H3. The minimum atomic E-state index is -3.81. The van der Waals surface area contributed by atoms with Crippen molar-refractivity contribution in [1.82, 2.24) is 9.29 Å². The van der Waals surface area contributed by atoms with Crippen molar-refractivity contribution in [3.05, 3.63) is 11.2 Å². The number of carbonyl (C=O) groups excluding carboxylic acids is 1. The Morgan fingerprint density at radius 1 is 1.67 bits per heavy atom. The van der Waals surface area contributed by atoms with Gasteiger partial charge in [0.2, 0.25) is 0 Å². The first-order valence-electron chi connectivity index (χ1n) is 4.94. The number of methoxy groups -OCH3 is 1. The molecule has 0 aliphatic heterocycles. The Balaban J connectivity index is 3.25. The second-order valence-corrected chi connectivity index (χ2v) is 6.10. The summed E-state index contributed by atoms with van der Waals surface area (Å²) in [6, 6.07) is 0. The highest BCUT2D eigenvalue weighted by Crippen LogP contribution is 2.24.